The second kappa shape index (κ2) is 10.3. The van der Waals surface area contributed by atoms with Gasteiger partial charge in [-0.05, 0) is 43.2 Å². The largest absolute Gasteiger partial charge is 0.468 e. The van der Waals surface area contributed by atoms with E-state index in [4.69, 9.17) is 16.3 Å². The molecular formula is C21H22ClN3O7S4. The molecule has 2 aromatic heterocycles. The van der Waals surface area contributed by atoms with E-state index in [-0.39, 0.29) is 33.5 Å². The molecule has 36 heavy (non-hydrogen) atoms. The third-order valence-electron chi connectivity index (χ3n) is 5.68. The van der Waals surface area contributed by atoms with Gasteiger partial charge >= 0.3 is 5.97 Å². The molecular weight excluding hydrogens is 570 g/mol. The van der Waals surface area contributed by atoms with E-state index in [9.17, 15) is 26.4 Å². The van der Waals surface area contributed by atoms with Gasteiger partial charge in [0.25, 0.3) is 15.9 Å². The third-order valence-corrected chi connectivity index (χ3v) is 11.4. The van der Waals surface area contributed by atoms with Crippen LogP contribution in [0, 0.1) is 5.92 Å². The molecule has 3 aromatic rings. The lowest BCUT2D eigenvalue weighted by Crippen LogP contribution is -2.42. The Balaban J connectivity index is 1.69. The number of piperidine rings is 1. The summed E-state index contributed by atoms with van der Waals surface area (Å²) in [5.41, 5.74) is 0.520. The molecule has 10 nitrogen and oxygen atoms in total. The molecule has 1 unspecified atom stereocenters. The van der Waals surface area contributed by atoms with Crippen LogP contribution in [0.2, 0.25) is 4.34 Å². The van der Waals surface area contributed by atoms with Crippen molar-refractivity contribution in [3.8, 4) is 0 Å². The summed E-state index contributed by atoms with van der Waals surface area (Å²) < 4.78 is 58.5. The van der Waals surface area contributed by atoms with E-state index in [2.05, 4.69) is 4.99 Å². The molecule has 0 spiro atoms. The van der Waals surface area contributed by atoms with Gasteiger partial charge in [0.2, 0.25) is 0 Å². The van der Waals surface area contributed by atoms with Crippen LogP contribution in [0.5, 0.6) is 0 Å². The molecule has 1 saturated heterocycles. The van der Waals surface area contributed by atoms with Gasteiger partial charge in [-0.15, -0.1) is 11.3 Å². The van der Waals surface area contributed by atoms with Gasteiger partial charge in [0.15, 0.2) is 14.6 Å². The zero-order valence-corrected chi connectivity index (χ0v) is 23.2. The van der Waals surface area contributed by atoms with Crippen LogP contribution in [-0.4, -0.2) is 64.0 Å². The summed E-state index contributed by atoms with van der Waals surface area (Å²) in [5.74, 6) is -1.76. The van der Waals surface area contributed by atoms with Crippen molar-refractivity contribution in [1.82, 2.24) is 8.87 Å². The van der Waals surface area contributed by atoms with Gasteiger partial charge in [0.1, 0.15) is 10.8 Å². The number of aromatic nitrogens is 1. The molecule has 0 N–H and O–H groups in total. The topological polar surface area (TPSA) is 132 Å². The number of methoxy groups -OCH3 is 1. The Hall–Kier alpha value is -2.10. The third kappa shape index (κ3) is 5.58. The van der Waals surface area contributed by atoms with Crippen molar-refractivity contribution in [3.05, 3.63) is 39.5 Å². The average Bonchev–Trinajstić information content (AvgIpc) is 3.42. The molecule has 194 valence electrons. The van der Waals surface area contributed by atoms with Gasteiger partial charge < -0.3 is 9.30 Å². The number of rotatable bonds is 6. The van der Waals surface area contributed by atoms with Gasteiger partial charge in [-0.25, -0.2) is 16.8 Å². The van der Waals surface area contributed by atoms with E-state index in [0.29, 0.717) is 27.4 Å². The van der Waals surface area contributed by atoms with Gasteiger partial charge in [-0.3, -0.25) is 9.59 Å². The summed E-state index contributed by atoms with van der Waals surface area (Å²) in [7, 11) is -6.03. The normalized spacial score (nSPS) is 18.0. The number of fused-ring (bicyclic) bond motifs is 1. The Labute approximate surface area is 220 Å². The van der Waals surface area contributed by atoms with E-state index in [1.54, 1.807) is 6.07 Å². The van der Waals surface area contributed by atoms with Gasteiger partial charge in [0, 0.05) is 19.3 Å². The average molecular weight is 592 g/mol. The number of carbonyl (C=O) groups is 2. The first-order valence-corrected chi connectivity index (χ1v) is 16.0. The van der Waals surface area contributed by atoms with Crippen molar-refractivity contribution in [2.75, 3.05) is 26.5 Å². The lowest BCUT2D eigenvalue weighted by Gasteiger charge is -2.29. The maximum absolute atomic E-state index is 13.2. The number of hydrogen-bond donors (Lipinski definition) is 0. The molecule has 0 saturated carbocycles. The van der Waals surface area contributed by atoms with Crippen LogP contribution in [0.25, 0.3) is 10.2 Å². The van der Waals surface area contributed by atoms with Crippen LogP contribution >= 0.6 is 34.3 Å². The molecule has 0 aliphatic carbocycles. The molecule has 0 radical (unpaired) electrons. The van der Waals surface area contributed by atoms with Crippen LogP contribution < -0.4 is 4.80 Å². The Kier molecular flexibility index (Phi) is 7.74. The SMILES string of the molecule is COC(=O)Cn1c(=NC(=O)C2CCCN(S(=O)(=O)c3ccc(Cl)s3)C2)sc2cc(S(C)(=O)=O)ccc21. The van der Waals surface area contributed by atoms with E-state index in [0.717, 1.165) is 28.9 Å². The predicted octanol–water partition coefficient (Wildman–Crippen LogP) is 2.52. The lowest BCUT2D eigenvalue weighted by molar-refractivity contribution is -0.141. The van der Waals surface area contributed by atoms with Crippen molar-refractivity contribution in [2.45, 2.75) is 28.5 Å². The highest BCUT2D eigenvalue weighted by atomic mass is 35.5. The van der Waals surface area contributed by atoms with E-state index < -0.39 is 37.7 Å². The summed E-state index contributed by atoms with van der Waals surface area (Å²) in [6.07, 6.45) is 2.03. The van der Waals surface area contributed by atoms with Crippen molar-refractivity contribution in [2.24, 2.45) is 10.9 Å². The number of halogens is 1. The van der Waals surface area contributed by atoms with E-state index >= 15 is 0 Å². The standard InChI is InChI=1S/C21H22ClN3O7S4/c1-32-18(26)12-25-15-6-5-14(35(2,28)29)10-16(15)33-21(25)23-20(27)13-4-3-9-24(11-13)36(30,31)19-8-7-17(22)34-19/h5-8,10,13H,3-4,9,11-12H2,1-2H3. The number of nitrogens with zero attached hydrogens (tertiary/aromatic N) is 3. The first kappa shape index (κ1) is 26.9. The molecule has 1 aliphatic heterocycles. The summed E-state index contributed by atoms with van der Waals surface area (Å²) in [4.78, 5) is 29.7. The van der Waals surface area contributed by atoms with Gasteiger partial charge in [-0.1, -0.05) is 22.9 Å². The lowest BCUT2D eigenvalue weighted by atomic mass is 9.99. The number of hydrogen-bond acceptors (Lipinski definition) is 9. The minimum absolute atomic E-state index is 0.0275. The van der Waals surface area contributed by atoms with E-state index in [1.165, 1.54) is 40.2 Å². The monoisotopic (exact) mass is 591 g/mol. The Bertz CT molecular complexity index is 1620. The minimum Gasteiger partial charge on any atom is -0.468 e. The van der Waals surface area contributed by atoms with Crippen LogP contribution in [0.3, 0.4) is 0 Å². The van der Waals surface area contributed by atoms with E-state index in [1.807, 2.05) is 0 Å². The van der Waals surface area contributed by atoms with Gasteiger partial charge in [-0.2, -0.15) is 9.30 Å². The number of carbonyl (C=O) groups excluding carboxylic acids is 2. The van der Waals surface area contributed by atoms with Crippen LogP contribution in [-0.2, 0) is 40.7 Å². The first-order chi connectivity index (χ1) is 16.9. The van der Waals surface area contributed by atoms with Crippen molar-refractivity contribution in [3.63, 3.8) is 0 Å². The number of thiophene rings is 1. The smallest absolute Gasteiger partial charge is 0.325 e. The Morgan fingerprint density at radius 1 is 1.17 bits per heavy atom. The number of sulfonamides is 1. The highest BCUT2D eigenvalue weighted by Crippen LogP contribution is 2.31. The Morgan fingerprint density at radius 2 is 1.92 bits per heavy atom. The fourth-order valence-corrected chi connectivity index (χ4v) is 8.78. The highest BCUT2D eigenvalue weighted by Gasteiger charge is 2.34. The first-order valence-electron chi connectivity index (χ1n) is 10.6. The number of benzene rings is 1. The fraction of sp³-hybridized carbons (Fsp3) is 0.381. The Morgan fingerprint density at radius 3 is 2.56 bits per heavy atom. The molecule has 4 rings (SSSR count). The molecule has 1 amide bonds. The molecule has 1 aliphatic rings. The molecule has 1 fully saturated rings. The van der Waals surface area contributed by atoms with Crippen LogP contribution in [0.15, 0.2) is 44.4 Å². The minimum atomic E-state index is -3.79. The second-order valence-corrected chi connectivity index (χ2v) is 15.1. The number of amides is 1. The van der Waals surface area contributed by atoms with Crippen molar-refractivity contribution >= 4 is 76.2 Å². The summed E-state index contributed by atoms with van der Waals surface area (Å²) in [6.45, 7) is 0.0204. The summed E-state index contributed by atoms with van der Waals surface area (Å²) >= 11 is 7.92. The zero-order chi connectivity index (χ0) is 26.3. The number of ether oxygens (including phenoxy) is 1. The molecule has 1 atom stereocenters. The summed E-state index contributed by atoms with van der Waals surface area (Å²) in [5, 5.41) is 0. The maximum atomic E-state index is 13.2. The fourth-order valence-electron chi connectivity index (χ4n) is 3.83. The highest BCUT2D eigenvalue weighted by molar-refractivity contribution is 7.91. The molecule has 15 heteroatoms. The quantitative estimate of drug-likeness (QED) is 0.402. The molecule has 1 aromatic carbocycles. The predicted molar refractivity (Wildman–Crippen MR) is 136 cm³/mol. The van der Waals surface area contributed by atoms with Crippen LogP contribution in [0.1, 0.15) is 12.8 Å². The van der Waals surface area contributed by atoms with Crippen molar-refractivity contribution < 1.29 is 31.2 Å². The van der Waals surface area contributed by atoms with Crippen LogP contribution in [0.4, 0.5) is 0 Å². The second-order valence-electron chi connectivity index (χ2n) is 8.16. The molecule has 3 heterocycles. The number of esters is 1. The van der Waals surface area contributed by atoms with Crippen molar-refractivity contribution in [1.29, 1.82) is 0 Å². The van der Waals surface area contributed by atoms with Gasteiger partial charge in [0.05, 0.1) is 32.5 Å². The maximum Gasteiger partial charge on any atom is 0.325 e. The number of thiazole rings is 1. The molecule has 0 bridgehead atoms. The summed E-state index contributed by atoms with van der Waals surface area (Å²) in [6, 6.07) is 7.39. The number of sulfone groups is 1. The zero-order valence-electron chi connectivity index (χ0n) is 19.2.